The maximum atomic E-state index is 12.8. The Hall–Kier alpha value is -3.85. The molecule has 0 atom stereocenters. The molecule has 2 N–H and O–H groups in total. The lowest BCUT2D eigenvalue weighted by atomic mass is 9.97. The number of carbonyl (C=O) groups excluding carboxylic acids is 2. The first-order chi connectivity index (χ1) is 17.5. The third kappa shape index (κ3) is 5.06. The number of amides is 2. The van der Waals surface area contributed by atoms with Gasteiger partial charge in [-0.2, -0.15) is 10.1 Å². The molecule has 0 spiro atoms. The Morgan fingerprint density at radius 2 is 1.94 bits per heavy atom. The number of primary amides is 1. The van der Waals surface area contributed by atoms with Crippen LogP contribution < -0.4 is 10.5 Å². The summed E-state index contributed by atoms with van der Waals surface area (Å²) >= 11 is 1.36. The Labute approximate surface area is 213 Å². The molecule has 1 fully saturated rings. The Balaban J connectivity index is 1.45. The maximum Gasteiger partial charge on any atom is 0.286 e. The molecular formula is C27H27N5O3S. The van der Waals surface area contributed by atoms with E-state index in [2.05, 4.69) is 9.89 Å². The van der Waals surface area contributed by atoms with Crippen molar-refractivity contribution in [1.29, 1.82) is 0 Å². The Bertz CT molecular complexity index is 1340. The summed E-state index contributed by atoms with van der Waals surface area (Å²) in [6.07, 6.45) is 5.13. The van der Waals surface area contributed by atoms with Crippen molar-refractivity contribution in [2.24, 2.45) is 16.6 Å². The average Bonchev–Trinajstić information content (AvgIpc) is 3.49. The van der Waals surface area contributed by atoms with Gasteiger partial charge in [-0.25, -0.2) is 4.68 Å². The number of hydrogen-bond donors (Lipinski definition) is 1. The van der Waals surface area contributed by atoms with Crippen LogP contribution in [-0.4, -0.2) is 51.4 Å². The van der Waals surface area contributed by atoms with Crippen LogP contribution in [0.2, 0.25) is 0 Å². The van der Waals surface area contributed by atoms with Gasteiger partial charge in [0.05, 0.1) is 17.2 Å². The van der Waals surface area contributed by atoms with E-state index in [1.54, 1.807) is 0 Å². The monoisotopic (exact) mass is 501 g/mol. The minimum Gasteiger partial charge on any atom is -0.494 e. The van der Waals surface area contributed by atoms with Gasteiger partial charge >= 0.3 is 0 Å². The van der Waals surface area contributed by atoms with Gasteiger partial charge in [0.1, 0.15) is 11.4 Å². The summed E-state index contributed by atoms with van der Waals surface area (Å²) in [5.41, 5.74) is 8.83. The number of amidine groups is 1. The molecule has 2 amide bonds. The molecule has 36 heavy (non-hydrogen) atoms. The van der Waals surface area contributed by atoms with Crippen molar-refractivity contribution in [3.05, 3.63) is 71.3 Å². The normalized spacial score (nSPS) is 17.5. The van der Waals surface area contributed by atoms with Crippen molar-refractivity contribution < 1.29 is 14.3 Å². The van der Waals surface area contributed by atoms with Gasteiger partial charge in [-0.15, -0.1) is 0 Å². The highest BCUT2D eigenvalue weighted by molar-refractivity contribution is 8.18. The molecule has 3 aromatic rings. The molecule has 9 heteroatoms. The van der Waals surface area contributed by atoms with E-state index in [1.165, 1.54) is 11.8 Å². The van der Waals surface area contributed by atoms with Crippen LogP contribution in [0.25, 0.3) is 23.0 Å². The van der Waals surface area contributed by atoms with Gasteiger partial charge in [0.15, 0.2) is 5.17 Å². The predicted octanol–water partition coefficient (Wildman–Crippen LogP) is 4.11. The average molecular weight is 502 g/mol. The lowest BCUT2D eigenvalue weighted by molar-refractivity contribution is -0.123. The molecule has 2 aromatic carbocycles. The smallest absolute Gasteiger partial charge is 0.286 e. The fraction of sp³-hybridized carbons (Fsp3) is 0.259. The summed E-state index contributed by atoms with van der Waals surface area (Å²) in [5.74, 6) is 0.120. The van der Waals surface area contributed by atoms with Gasteiger partial charge in [0.25, 0.3) is 5.91 Å². The molecular weight excluding hydrogens is 474 g/mol. The highest BCUT2D eigenvalue weighted by Crippen LogP contribution is 2.35. The molecule has 184 valence electrons. The van der Waals surface area contributed by atoms with Crippen molar-refractivity contribution in [3.63, 3.8) is 0 Å². The summed E-state index contributed by atoms with van der Waals surface area (Å²) in [6.45, 7) is 3.83. The first-order valence-corrected chi connectivity index (χ1v) is 12.8. The zero-order valence-electron chi connectivity index (χ0n) is 20.0. The van der Waals surface area contributed by atoms with E-state index in [4.69, 9.17) is 15.6 Å². The fourth-order valence-electron chi connectivity index (χ4n) is 4.36. The van der Waals surface area contributed by atoms with Crippen LogP contribution in [-0.2, 0) is 9.59 Å². The highest BCUT2D eigenvalue weighted by Gasteiger charge is 2.31. The van der Waals surface area contributed by atoms with Crippen LogP contribution in [0.15, 0.2) is 70.7 Å². The molecule has 2 aliphatic rings. The number of aliphatic imine (C=N–C) groups is 1. The number of likely N-dealkylation sites (tertiary alicyclic amines) is 1. The van der Waals surface area contributed by atoms with Gasteiger partial charge in [-0.3, -0.25) is 9.59 Å². The lowest BCUT2D eigenvalue weighted by Gasteiger charge is -2.31. The molecule has 1 aromatic heterocycles. The van der Waals surface area contributed by atoms with E-state index in [0.717, 1.165) is 28.3 Å². The number of piperidine rings is 1. The number of nitrogens with zero attached hydrogens (tertiary/aromatic N) is 4. The van der Waals surface area contributed by atoms with Crippen molar-refractivity contribution in [2.45, 2.75) is 19.8 Å². The number of hydrogen-bond acceptors (Lipinski definition) is 6. The van der Waals surface area contributed by atoms with E-state index >= 15 is 0 Å². The third-order valence-corrected chi connectivity index (χ3v) is 7.29. The van der Waals surface area contributed by atoms with Crippen LogP contribution in [0.3, 0.4) is 0 Å². The maximum absolute atomic E-state index is 12.8. The minimum atomic E-state index is -0.270. The third-order valence-electron chi connectivity index (χ3n) is 6.25. The van der Waals surface area contributed by atoms with Crippen molar-refractivity contribution in [2.75, 3.05) is 19.7 Å². The van der Waals surface area contributed by atoms with Crippen LogP contribution in [0.1, 0.15) is 25.3 Å². The van der Waals surface area contributed by atoms with Gasteiger partial charge in [-0.1, -0.05) is 30.3 Å². The fourth-order valence-corrected chi connectivity index (χ4v) is 5.32. The first kappa shape index (κ1) is 23.9. The van der Waals surface area contributed by atoms with Crippen LogP contribution >= 0.6 is 11.8 Å². The van der Waals surface area contributed by atoms with Gasteiger partial charge in [0, 0.05) is 36.3 Å². The Morgan fingerprint density at radius 3 is 2.67 bits per heavy atom. The van der Waals surface area contributed by atoms with Crippen LogP contribution in [0.4, 0.5) is 0 Å². The molecule has 2 aliphatic heterocycles. The molecule has 0 unspecified atom stereocenters. The molecule has 8 nitrogen and oxygen atoms in total. The van der Waals surface area contributed by atoms with Crippen molar-refractivity contribution in [3.8, 4) is 22.7 Å². The molecule has 0 aliphatic carbocycles. The number of thioether (sulfide) groups is 1. The van der Waals surface area contributed by atoms with Gasteiger partial charge < -0.3 is 15.4 Å². The number of nitrogens with two attached hydrogens (primary N) is 1. The topological polar surface area (TPSA) is 103 Å². The molecule has 5 rings (SSSR count). The summed E-state index contributed by atoms with van der Waals surface area (Å²) < 4.78 is 7.51. The standard InChI is InChI=1S/C27H27N5O3S/c1-2-35-22-10-6-7-19(15-22)24-20(17-32(30-24)21-8-4-3-5-9-21)16-23-26(34)29-27(36-23)31-13-11-18(12-14-31)25(28)33/h3-10,15-18H,2,11-14H2,1H3,(H2,28,33). The number of benzene rings is 2. The molecule has 3 heterocycles. The highest BCUT2D eigenvalue weighted by atomic mass is 32.2. The SMILES string of the molecule is CCOc1cccc(-c2nn(-c3ccccc3)cc2C=C2SC(N3CCC(C(N)=O)CC3)=NC2=O)c1. The van der Waals surface area contributed by atoms with E-state index in [9.17, 15) is 9.59 Å². The van der Waals surface area contributed by atoms with E-state index in [0.29, 0.717) is 42.6 Å². The number of rotatable bonds is 6. The van der Waals surface area contributed by atoms with Crippen molar-refractivity contribution >= 4 is 34.8 Å². The molecule has 1 saturated heterocycles. The summed E-state index contributed by atoms with van der Waals surface area (Å²) in [6, 6.07) is 17.6. The summed E-state index contributed by atoms with van der Waals surface area (Å²) in [4.78, 5) is 31.2. The Kier molecular flexibility index (Phi) is 6.90. The molecule has 0 saturated carbocycles. The predicted molar refractivity (Wildman–Crippen MR) is 142 cm³/mol. The Morgan fingerprint density at radius 1 is 1.17 bits per heavy atom. The molecule has 0 radical (unpaired) electrons. The number of ether oxygens (including phenoxy) is 1. The largest absolute Gasteiger partial charge is 0.494 e. The lowest BCUT2D eigenvalue weighted by Crippen LogP contribution is -2.40. The minimum absolute atomic E-state index is 0.113. The zero-order valence-corrected chi connectivity index (χ0v) is 20.8. The number of carbonyl (C=O) groups is 2. The van der Waals surface area contributed by atoms with E-state index < -0.39 is 0 Å². The second kappa shape index (κ2) is 10.4. The van der Waals surface area contributed by atoms with Crippen molar-refractivity contribution in [1.82, 2.24) is 14.7 Å². The number of aromatic nitrogens is 2. The van der Waals surface area contributed by atoms with Gasteiger partial charge in [0.2, 0.25) is 5.91 Å². The van der Waals surface area contributed by atoms with E-state index in [-0.39, 0.29) is 17.7 Å². The quantitative estimate of drug-likeness (QED) is 0.510. The second-order valence-corrected chi connectivity index (χ2v) is 9.66. The van der Waals surface area contributed by atoms with Crippen LogP contribution in [0.5, 0.6) is 5.75 Å². The number of para-hydroxylation sites is 1. The first-order valence-electron chi connectivity index (χ1n) is 12.0. The summed E-state index contributed by atoms with van der Waals surface area (Å²) in [5, 5.41) is 5.53. The van der Waals surface area contributed by atoms with Gasteiger partial charge in [-0.05, 0) is 61.9 Å². The zero-order chi connectivity index (χ0) is 25.1. The van der Waals surface area contributed by atoms with E-state index in [1.807, 2.05) is 78.5 Å². The summed E-state index contributed by atoms with van der Waals surface area (Å²) in [7, 11) is 0. The van der Waals surface area contributed by atoms with Crippen LogP contribution in [0, 0.1) is 5.92 Å². The second-order valence-electron chi connectivity index (χ2n) is 8.65. The molecule has 0 bridgehead atoms.